The third-order valence-electron chi connectivity index (χ3n) is 4.02. The van der Waals surface area contributed by atoms with Gasteiger partial charge >= 0.3 is 6.18 Å². The van der Waals surface area contributed by atoms with Crippen molar-refractivity contribution in [1.29, 1.82) is 5.41 Å². The summed E-state index contributed by atoms with van der Waals surface area (Å²) >= 11 is 5.63. The maximum atomic E-state index is 13.2. The number of pyridine rings is 1. The molecular formula is C18H13ClF3N3O3. The quantitative estimate of drug-likeness (QED) is 0.605. The smallest absolute Gasteiger partial charge is 0.418 e. The molecule has 0 aliphatic rings. The Hall–Kier alpha value is -2.91. The number of benzene rings is 1. The Bertz CT molecular complexity index is 1140. The Morgan fingerprint density at radius 3 is 2.71 bits per heavy atom. The molecule has 0 saturated carbocycles. The minimum atomic E-state index is -4.74. The van der Waals surface area contributed by atoms with Gasteiger partial charge in [0.2, 0.25) is 5.55 Å². The number of carbonyl (C=O) groups excluding carboxylic acids is 1. The summed E-state index contributed by atoms with van der Waals surface area (Å²) in [4.78, 5) is 16.6. The average Bonchev–Trinajstić information content (AvgIpc) is 2.62. The van der Waals surface area contributed by atoms with Crippen LogP contribution < -0.4 is 10.9 Å². The van der Waals surface area contributed by atoms with E-state index in [0.29, 0.717) is 22.7 Å². The van der Waals surface area contributed by atoms with Crippen molar-refractivity contribution in [3.8, 4) is 0 Å². The van der Waals surface area contributed by atoms with Gasteiger partial charge < -0.3 is 14.8 Å². The molecule has 6 nitrogen and oxygen atoms in total. The first kappa shape index (κ1) is 19.8. The fourth-order valence-electron chi connectivity index (χ4n) is 2.64. The molecule has 2 aromatic heterocycles. The highest BCUT2D eigenvalue weighted by atomic mass is 35.5. The van der Waals surface area contributed by atoms with Crippen LogP contribution in [0.1, 0.15) is 27.2 Å². The molecule has 1 aromatic carbocycles. The van der Waals surface area contributed by atoms with Crippen LogP contribution in [0.3, 0.4) is 0 Å². The zero-order valence-corrected chi connectivity index (χ0v) is 15.1. The number of amides is 1. The molecular weight excluding hydrogens is 399 g/mol. The lowest BCUT2D eigenvalue weighted by molar-refractivity contribution is -0.136. The van der Waals surface area contributed by atoms with E-state index in [1.165, 1.54) is 18.3 Å². The van der Waals surface area contributed by atoms with Crippen molar-refractivity contribution >= 4 is 34.2 Å². The molecule has 3 N–H and O–H groups in total. The molecule has 2 heterocycles. The lowest BCUT2D eigenvalue weighted by Gasteiger charge is -2.14. The number of aryl methyl sites for hydroxylation is 1. The number of rotatable bonds is 3. The third kappa shape index (κ3) is 3.71. The number of anilines is 1. The maximum Gasteiger partial charge on any atom is 0.418 e. The van der Waals surface area contributed by atoms with E-state index in [1.807, 2.05) is 0 Å². The molecule has 28 heavy (non-hydrogen) atoms. The third-order valence-corrected chi connectivity index (χ3v) is 4.26. The van der Waals surface area contributed by atoms with Crippen LogP contribution in [0.4, 0.5) is 18.9 Å². The number of alkyl halides is 3. The minimum Gasteiger partial charge on any atom is -0.436 e. The van der Waals surface area contributed by atoms with Crippen LogP contribution in [0, 0.1) is 12.3 Å². The summed E-state index contributed by atoms with van der Waals surface area (Å²) in [5, 5.41) is 19.7. The number of nitrogens with zero attached hydrogens (tertiary/aromatic N) is 1. The first-order valence-electron chi connectivity index (χ1n) is 7.87. The Kier molecular flexibility index (Phi) is 5.14. The first-order valence-corrected chi connectivity index (χ1v) is 8.25. The molecule has 1 amide bonds. The van der Waals surface area contributed by atoms with Crippen LogP contribution >= 0.6 is 11.6 Å². The van der Waals surface area contributed by atoms with E-state index >= 15 is 0 Å². The molecule has 146 valence electrons. The van der Waals surface area contributed by atoms with Gasteiger partial charge in [0.25, 0.3) is 5.91 Å². The molecule has 0 aliphatic carbocycles. The first-order chi connectivity index (χ1) is 13.1. The summed E-state index contributed by atoms with van der Waals surface area (Å²) in [6.07, 6.45) is -3.35. The second-order valence-corrected chi connectivity index (χ2v) is 6.34. The molecule has 0 unspecified atom stereocenters. The van der Waals surface area contributed by atoms with E-state index in [4.69, 9.17) is 21.4 Å². The second kappa shape index (κ2) is 7.25. The highest BCUT2D eigenvalue weighted by molar-refractivity contribution is 6.30. The van der Waals surface area contributed by atoms with E-state index in [1.54, 1.807) is 6.92 Å². The number of halogens is 4. The Morgan fingerprint density at radius 1 is 1.36 bits per heavy atom. The van der Waals surface area contributed by atoms with Crippen LogP contribution in [0.2, 0.25) is 5.02 Å². The number of nitrogens with one attached hydrogen (secondary N) is 2. The zero-order chi connectivity index (χ0) is 20.6. The molecule has 0 bridgehead atoms. The van der Waals surface area contributed by atoms with Gasteiger partial charge in [-0.1, -0.05) is 11.6 Å². The Labute approximate surface area is 161 Å². The van der Waals surface area contributed by atoms with Gasteiger partial charge in [-0.3, -0.25) is 15.2 Å². The van der Waals surface area contributed by atoms with Crippen molar-refractivity contribution in [2.45, 2.75) is 19.7 Å². The number of aromatic nitrogens is 1. The van der Waals surface area contributed by atoms with E-state index in [2.05, 4.69) is 10.3 Å². The summed E-state index contributed by atoms with van der Waals surface area (Å²) in [6.45, 7) is 1.22. The fourth-order valence-corrected chi connectivity index (χ4v) is 2.81. The highest BCUT2D eigenvalue weighted by Gasteiger charge is 2.34. The number of aliphatic hydroxyl groups excluding tert-OH is 1. The SMILES string of the molecule is Cc1ncc(CO)c2cc(C(=O)Nc3ccc(Cl)cc3C(F)(F)F)c(=N)oc12. The molecule has 0 saturated heterocycles. The standard InChI is InChI=1S/C18H13ClF3N3O3/c1-8-15-11(9(7-26)6-24-8)5-12(16(23)28-15)17(27)25-14-3-2-10(19)4-13(14)18(20,21)22/h2-6,23,26H,7H2,1H3,(H,25,27). The monoisotopic (exact) mass is 411 g/mol. The Morgan fingerprint density at radius 2 is 2.07 bits per heavy atom. The average molecular weight is 412 g/mol. The number of hydrogen-bond donors (Lipinski definition) is 3. The minimum absolute atomic E-state index is 0.136. The van der Waals surface area contributed by atoms with Crippen LogP contribution in [-0.2, 0) is 12.8 Å². The van der Waals surface area contributed by atoms with Crippen LogP contribution in [0.25, 0.3) is 11.0 Å². The van der Waals surface area contributed by atoms with Crippen LogP contribution in [-0.4, -0.2) is 16.0 Å². The normalized spacial score (nSPS) is 11.6. The highest BCUT2D eigenvalue weighted by Crippen LogP contribution is 2.36. The molecule has 3 rings (SSSR count). The van der Waals surface area contributed by atoms with Crippen molar-refractivity contribution in [2.75, 3.05) is 5.32 Å². The fraction of sp³-hybridized carbons (Fsp3) is 0.167. The van der Waals surface area contributed by atoms with Gasteiger partial charge in [-0.05, 0) is 31.2 Å². The summed E-state index contributed by atoms with van der Waals surface area (Å²) in [7, 11) is 0. The maximum absolute atomic E-state index is 13.2. The van der Waals surface area contributed by atoms with E-state index in [0.717, 1.165) is 6.07 Å². The number of aliphatic hydroxyl groups is 1. The number of fused-ring (bicyclic) bond motifs is 1. The van der Waals surface area contributed by atoms with Gasteiger partial charge in [0.05, 0.1) is 23.6 Å². The topological polar surface area (TPSA) is 99.2 Å². The summed E-state index contributed by atoms with van der Waals surface area (Å²) < 4.78 is 45.0. The van der Waals surface area contributed by atoms with Gasteiger partial charge in [-0.2, -0.15) is 13.2 Å². The van der Waals surface area contributed by atoms with Crippen molar-refractivity contribution in [2.24, 2.45) is 0 Å². The van der Waals surface area contributed by atoms with Crippen LogP contribution in [0.15, 0.2) is 34.9 Å². The van der Waals surface area contributed by atoms with Crippen molar-refractivity contribution < 1.29 is 27.5 Å². The molecule has 0 fully saturated rings. The zero-order valence-electron chi connectivity index (χ0n) is 14.3. The van der Waals surface area contributed by atoms with Gasteiger partial charge in [-0.25, -0.2) is 0 Å². The summed E-state index contributed by atoms with van der Waals surface area (Å²) in [5.74, 6) is -0.971. The lowest BCUT2D eigenvalue weighted by atomic mass is 10.1. The van der Waals surface area contributed by atoms with Crippen molar-refractivity contribution in [3.63, 3.8) is 0 Å². The van der Waals surface area contributed by atoms with E-state index in [9.17, 15) is 23.1 Å². The van der Waals surface area contributed by atoms with Crippen LogP contribution in [0.5, 0.6) is 0 Å². The molecule has 0 spiro atoms. The molecule has 3 aromatic rings. The lowest BCUT2D eigenvalue weighted by Crippen LogP contribution is -2.23. The molecule has 0 atom stereocenters. The van der Waals surface area contributed by atoms with E-state index < -0.39 is 35.5 Å². The molecule has 0 radical (unpaired) electrons. The van der Waals surface area contributed by atoms with Gasteiger partial charge in [-0.15, -0.1) is 0 Å². The number of carbonyl (C=O) groups is 1. The van der Waals surface area contributed by atoms with Gasteiger partial charge in [0, 0.05) is 22.2 Å². The van der Waals surface area contributed by atoms with Gasteiger partial charge in [0.1, 0.15) is 5.56 Å². The predicted octanol–water partition coefficient (Wildman–Crippen LogP) is 4.03. The summed E-state index contributed by atoms with van der Waals surface area (Å²) in [6, 6.07) is 4.21. The van der Waals surface area contributed by atoms with Crippen molar-refractivity contribution in [1.82, 2.24) is 4.98 Å². The van der Waals surface area contributed by atoms with E-state index in [-0.39, 0.29) is 16.2 Å². The predicted molar refractivity (Wildman–Crippen MR) is 94.9 cm³/mol. The second-order valence-electron chi connectivity index (χ2n) is 5.90. The number of hydrogen-bond acceptors (Lipinski definition) is 5. The molecule has 10 heteroatoms. The summed E-state index contributed by atoms with van der Waals surface area (Å²) in [5.41, 5.74) is -1.48. The Balaban J connectivity index is 2.08. The largest absolute Gasteiger partial charge is 0.436 e. The molecule has 0 aliphatic heterocycles. The van der Waals surface area contributed by atoms with Gasteiger partial charge in [0.15, 0.2) is 5.58 Å². The van der Waals surface area contributed by atoms with Crippen molar-refractivity contribution in [3.05, 3.63) is 63.4 Å².